The highest BCUT2D eigenvalue weighted by Crippen LogP contribution is 2.22. The molecular weight excluding hydrogens is 122 g/mol. The second-order valence-corrected chi connectivity index (χ2v) is 4.37. The molecule has 0 aromatic carbocycles. The molecule has 1 aliphatic heterocycles. The van der Waals surface area contributed by atoms with Crippen LogP contribution < -0.4 is 0 Å². The molecule has 1 fully saturated rings. The van der Waals surface area contributed by atoms with Crippen molar-refractivity contribution in [3.63, 3.8) is 0 Å². The van der Waals surface area contributed by atoms with E-state index in [1.165, 1.54) is 0 Å². The van der Waals surface area contributed by atoms with E-state index in [2.05, 4.69) is 16.8 Å². The van der Waals surface area contributed by atoms with Crippen LogP contribution in [0.5, 0.6) is 0 Å². The second-order valence-electron chi connectivity index (χ2n) is 2.11. The highest BCUT2D eigenvalue weighted by molar-refractivity contribution is 8.13. The molecule has 0 saturated carbocycles. The van der Waals surface area contributed by atoms with Crippen LogP contribution in [0.4, 0.5) is 0 Å². The molecule has 0 aromatic rings. The molecule has 0 amide bonds. The molecule has 0 radical (unpaired) electrons. The van der Waals surface area contributed by atoms with Crippen LogP contribution in [0.3, 0.4) is 0 Å². The van der Waals surface area contributed by atoms with Crippen LogP contribution in [0, 0.1) is 0 Å². The van der Waals surface area contributed by atoms with Gasteiger partial charge in [0.05, 0.1) is 6.61 Å². The Hall–Kier alpha value is 0.270. The Labute approximate surface area is 53.3 Å². The van der Waals surface area contributed by atoms with E-state index in [-0.39, 0.29) is 11.1 Å². The zero-order valence-electron chi connectivity index (χ0n) is 5.42. The zero-order chi connectivity index (χ0) is 5.98. The minimum absolute atomic E-state index is 0.107. The van der Waals surface area contributed by atoms with E-state index >= 15 is 0 Å². The Morgan fingerprint density at radius 1 is 1.50 bits per heavy atom. The average Bonchev–Trinajstić information content (AvgIpc) is 2.12. The minimum Gasteiger partial charge on any atom is -0.364 e. The maximum absolute atomic E-state index is 5.16. The lowest BCUT2D eigenvalue weighted by Crippen LogP contribution is -2.14. The molecule has 0 aliphatic carbocycles. The summed E-state index contributed by atoms with van der Waals surface area (Å²) in [5.74, 6) is 0. The molecule has 0 N–H and O–H groups in total. The summed E-state index contributed by atoms with van der Waals surface area (Å²) in [6.07, 6.45) is 4.51. The Bertz CT molecular complexity index is 70.8. The van der Waals surface area contributed by atoms with Crippen molar-refractivity contribution in [1.82, 2.24) is 4.31 Å². The summed E-state index contributed by atoms with van der Waals surface area (Å²) in [5, 5.41) is 0. The molecule has 3 heteroatoms. The van der Waals surface area contributed by atoms with Crippen LogP contribution in [-0.2, 0) is 4.74 Å². The summed E-state index contributed by atoms with van der Waals surface area (Å²) >= 11 is 0.107. The summed E-state index contributed by atoms with van der Waals surface area (Å²) in [6, 6.07) is 0. The summed E-state index contributed by atoms with van der Waals surface area (Å²) in [4.78, 5) is 0. The van der Waals surface area contributed by atoms with Gasteiger partial charge in [0.25, 0.3) is 0 Å². The van der Waals surface area contributed by atoms with Crippen molar-refractivity contribution >= 4 is 11.1 Å². The summed E-state index contributed by atoms with van der Waals surface area (Å²) in [7, 11) is 0. The highest BCUT2D eigenvalue weighted by Gasteiger charge is 2.11. The van der Waals surface area contributed by atoms with Crippen molar-refractivity contribution in [3.8, 4) is 0 Å². The van der Waals surface area contributed by atoms with Gasteiger partial charge in [0.1, 0.15) is 6.73 Å². The van der Waals surface area contributed by atoms with Crippen LogP contribution >= 0.6 is 11.1 Å². The molecule has 2 nitrogen and oxygen atoms in total. The second kappa shape index (κ2) is 2.71. The van der Waals surface area contributed by atoms with Gasteiger partial charge in [-0.15, -0.1) is 0 Å². The third-order valence-corrected chi connectivity index (χ3v) is 2.75. The summed E-state index contributed by atoms with van der Waals surface area (Å²) in [6.45, 7) is 2.93. The smallest absolute Gasteiger partial charge is 0.107 e. The molecule has 0 bridgehead atoms. The van der Waals surface area contributed by atoms with Crippen molar-refractivity contribution in [2.45, 2.75) is 0 Å². The number of hydrogen-bond donors (Lipinski definition) is 1. The van der Waals surface area contributed by atoms with Crippen LogP contribution in [-0.4, -0.2) is 36.7 Å². The number of thiol groups is 1. The molecule has 8 heavy (non-hydrogen) atoms. The third-order valence-electron chi connectivity index (χ3n) is 1.30. The fraction of sp³-hybridized carbons (Fsp3) is 1.00. The Morgan fingerprint density at radius 3 is 2.50 bits per heavy atom. The normalized spacial score (nSPS) is 24.0. The fourth-order valence-corrected chi connectivity index (χ4v) is 1.51. The van der Waals surface area contributed by atoms with E-state index in [0.29, 0.717) is 0 Å². The van der Waals surface area contributed by atoms with Crippen molar-refractivity contribution < 1.29 is 4.74 Å². The summed E-state index contributed by atoms with van der Waals surface area (Å²) in [5.41, 5.74) is 0. The monoisotopic (exact) mass is 135 g/mol. The van der Waals surface area contributed by atoms with Gasteiger partial charge in [0, 0.05) is 6.54 Å². The van der Waals surface area contributed by atoms with E-state index in [0.717, 1.165) is 19.9 Å². The molecular formula is C5H13NOS. The molecule has 1 rings (SSSR count). The van der Waals surface area contributed by atoms with Crippen molar-refractivity contribution in [3.05, 3.63) is 0 Å². The lowest BCUT2D eigenvalue weighted by Gasteiger charge is -2.20. The molecule has 0 spiro atoms. The third kappa shape index (κ3) is 1.37. The van der Waals surface area contributed by atoms with E-state index in [4.69, 9.17) is 4.74 Å². The van der Waals surface area contributed by atoms with Gasteiger partial charge in [0.2, 0.25) is 0 Å². The Balaban J connectivity index is 2.24. The number of ether oxygens (including phenoxy) is 1. The number of hydrogen-bond acceptors (Lipinski definition) is 2. The zero-order valence-corrected chi connectivity index (χ0v) is 6.32. The molecule has 1 heterocycles. The molecule has 0 unspecified atom stereocenters. The summed E-state index contributed by atoms with van der Waals surface area (Å²) < 4.78 is 7.53. The van der Waals surface area contributed by atoms with E-state index in [1.807, 2.05) is 0 Å². The van der Waals surface area contributed by atoms with Crippen molar-refractivity contribution in [2.24, 2.45) is 0 Å². The minimum atomic E-state index is 0.107. The van der Waals surface area contributed by atoms with Gasteiger partial charge >= 0.3 is 0 Å². The molecule has 1 aliphatic rings. The largest absolute Gasteiger partial charge is 0.364 e. The van der Waals surface area contributed by atoms with Crippen LogP contribution in [0.15, 0.2) is 0 Å². The molecule has 50 valence electrons. The van der Waals surface area contributed by atoms with Gasteiger partial charge in [-0.25, -0.2) is 15.4 Å². The van der Waals surface area contributed by atoms with Gasteiger partial charge in [-0.05, 0) is 12.5 Å². The van der Waals surface area contributed by atoms with Gasteiger partial charge in [-0.3, -0.25) is 0 Å². The van der Waals surface area contributed by atoms with Gasteiger partial charge in [-0.2, -0.15) is 0 Å². The van der Waals surface area contributed by atoms with E-state index < -0.39 is 0 Å². The Morgan fingerprint density at radius 2 is 2.25 bits per heavy atom. The van der Waals surface area contributed by atoms with Crippen molar-refractivity contribution in [1.29, 1.82) is 0 Å². The first kappa shape index (κ1) is 6.39. The maximum Gasteiger partial charge on any atom is 0.107 e. The quantitative estimate of drug-likeness (QED) is 0.524. The van der Waals surface area contributed by atoms with Crippen molar-refractivity contribution in [2.75, 3.05) is 32.4 Å². The first-order valence-corrected chi connectivity index (χ1v) is 4.99. The molecule has 0 atom stereocenters. The van der Waals surface area contributed by atoms with E-state index in [9.17, 15) is 0 Å². The topological polar surface area (TPSA) is 12.5 Å². The van der Waals surface area contributed by atoms with Crippen LogP contribution in [0.1, 0.15) is 0 Å². The first-order chi connectivity index (χ1) is 3.80. The van der Waals surface area contributed by atoms with Gasteiger partial charge in [-0.1, -0.05) is 0 Å². The lowest BCUT2D eigenvalue weighted by atomic mass is 10.7. The molecule has 0 aromatic heterocycles. The SMILES string of the molecule is C[SH](C)N1CCOC1. The highest BCUT2D eigenvalue weighted by atomic mass is 32.2. The standard InChI is InChI=1S/C5H13NOS/c1-8(2)6-3-4-7-5-6/h8H,3-5H2,1-2H3. The Kier molecular flexibility index (Phi) is 2.16. The van der Waals surface area contributed by atoms with Gasteiger partial charge in [0.15, 0.2) is 0 Å². The maximum atomic E-state index is 5.16. The molecule has 1 saturated heterocycles. The average molecular weight is 135 g/mol. The van der Waals surface area contributed by atoms with E-state index in [1.54, 1.807) is 0 Å². The predicted molar refractivity (Wildman–Crippen MR) is 38.4 cm³/mol. The first-order valence-electron chi connectivity index (χ1n) is 2.80. The van der Waals surface area contributed by atoms with Crippen LogP contribution in [0.2, 0.25) is 0 Å². The predicted octanol–water partition coefficient (Wildman–Crippen LogP) is 0.452. The fourth-order valence-electron chi connectivity index (χ4n) is 0.720. The number of nitrogens with zero attached hydrogens (tertiary/aromatic N) is 1. The number of rotatable bonds is 1. The van der Waals surface area contributed by atoms with Crippen LogP contribution in [0.25, 0.3) is 0 Å². The lowest BCUT2D eigenvalue weighted by molar-refractivity contribution is 0.175. The van der Waals surface area contributed by atoms with Gasteiger partial charge < -0.3 is 4.74 Å².